The highest BCUT2D eigenvalue weighted by molar-refractivity contribution is 5.01. The molecule has 3 heteroatoms. The number of ether oxygens (including phenoxy) is 1. The van der Waals surface area contributed by atoms with Crippen molar-refractivity contribution in [2.24, 2.45) is 5.41 Å². The molecule has 0 bridgehead atoms. The summed E-state index contributed by atoms with van der Waals surface area (Å²) in [7, 11) is 0. The summed E-state index contributed by atoms with van der Waals surface area (Å²) < 4.78 is 5.35. The van der Waals surface area contributed by atoms with Gasteiger partial charge in [-0.3, -0.25) is 0 Å². The first kappa shape index (κ1) is 12.9. The molecule has 2 N–H and O–H groups in total. The van der Waals surface area contributed by atoms with E-state index in [-0.39, 0.29) is 6.10 Å². The maximum absolute atomic E-state index is 9.61. The van der Waals surface area contributed by atoms with E-state index < -0.39 is 0 Å². The van der Waals surface area contributed by atoms with Crippen LogP contribution in [0.3, 0.4) is 0 Å². The molecule has 0 aromatic rings. The average Bonchev–Trinajstić information content (AvgIpc) is 2.78. The molecule has 2 unspecified atom stereocenters. The second-order valence-electron chi connectivity index (χ2n) is 5.24. The summed E-state index contributed by atoms with van der Waals surface area (Å²) >= 11 is 0. The lowest BCUT2D eigenvalue weighted by Gasteiger charge is -2.13. The van der Waals surface area contributed by atoms with E-state index in [0.717, 1.165) is 19.4 Å². The Morgan fingerprint density at radius 1 is 1.53 bits per heavy atom. The first-order valence-corrected chi connectivity index (χ1v) is 6.05. The third kappa shape index (κ3) is 4.96. The topological polar surface area (TPSA) is 41.5 Å². The second kappa shape index (κ2) is 5.83. The van der Waals surface area contributed by atoms with Crippen molar-refractivity contribution < 1.29 is 9.84 Å². The van der Waals surface area contributed by atoms with Crippen LogP contribution in [-0.4, -0.2) is 37.0 Å². The van der Waals surface area contributed by atoms with Gasteiger partial charge in [0.2, 0.25) is 0 Å². The van der Waals surface area contributed by atoms with Crippen LogP contribution in [0.5, 0.6) is 0 Å². The van der Waals surface area contributed by atoms with Crippen LogP contribution < -0.4 is 5.32 Å². The van der Waals surface area contributed by atoms with Gasteiger partial charge >= 0.3 is 0 Å². The zero-order valence-corrected chi connectivity index (χ0v) is 10.3. The molecule has 1 fully saturated rings. The van der Waals surface area contributed by atoms with Crippen LogP contribution in [0.4, 0.5) is 0 Å². The summed E-state index contributed by atoms with van der Waals surface area (Å²) in [5.41, 5.74) is 0.433. The standard InChI is InChI=1S/C12H25NO2/c1-4-5-6-15-9-10(14)8-13-11-7-12(11,2)3/h10-11,13-14H,4-9H2,1-3H3. The lowest BCUT2D eigenvalue weighted by Crippen LogP contribution is -2.33. The number of rotatable bonds is 8. The molecule has 0 spiro atoms. The van der Waals surface area contributed by atoms with Gasteiger partial charge in [-0.15, -0.1) is 0 Å². The Morgan fingerprint density at radius 3 is 2.73 bits per heavy atom. The molecule has 0 aliphatic heterocycles. The van der Waals surface area contributed by atoms with Crippen LogP contribution in [0, 0.1) is 5.41 Å². The van der Waals surface area contributed by atoms with Crippen LogP contribution in [0.25, 0.3) is 0 Å². The number of unbranched alkanes of at least 4 members (excludes halogenated alkanes) is 1. The molecule has 0 aromatic heterocycles. The normalized spacial score (nSPS) is 25.2. The summed E-state index contributed by atoms with van der Waals surface area (Å²) in [5, 5.41) is 13.0. The summed E-state index contributed by atoms with van der Waals surface area (Å²) in [6.45, 7) is 8.50. The lowest BCUT2D eigenvalue weighted by molar-refractivity contribution is 0.0354. The highest BCUT2D eigenvalue weighted by Gasteiger charge is 2.45. The molecular weight excluding hydrogens is 190 g/mol. The minimum absolute atomic E-state index is 0.363. The zero-order chi connectivity index (χ0) is 11.3. The Bertz CT molecular complexity index is 182. The van der Waals surface area contributed by atoms with Gasteiger partial charge in [-0.2, -0.15) is 0 Å². The van der Waals surface area contributed by atoms with E-state index in [9.17, 15) is 5.11 Å². The molecule has 0 amide bonds. The molecule has 15 heavy (non-hydrogen) atoms. The van der Waals surface area contributed by atoms with E-state index in [1.54, 1.807) is 0 Å². The molecule has 0 heterocycles. The number of aliphatic hydroxyl groups excluding tert-OH is 1. The first-order chi connectivity index (χ1) is 7.06. The van der Waals surface area contributed by atoms with Gasteiger partial charge in [0.25, 0.3) is 0 Å². The van der Waals surface area contributed by atoms with E-state index in [4.69, 9.17) is 4.74 Å². The van der Waals surface area contributed by atoms with Crippen molar-refractivity contribution in [1.82, 2.24) is 5.32 Å². The first-order valence-electron chi connectivity index (χ1n) is 6.05. The molecule has 1 saturated carbocycles. The number of aliphatic hydroxyl groups is 1. The molecule has 1 rings (SSSR count). The zero-order valence-electron chi connectivity index (χ0n) is 10.3. The van der Waals surface area contributed by atoms with Crippen LogP contribution in [0.15, 0.2) is 0 Å². The Balaban J connectivity index is 1.92. The Kier molecular flexibility index (Phi) is 5.03. The summed E-state index contributed by atoms with van der Waals surface area (Å²) in [4.78, 5) is 0. The van der Waals surface area contributed by atoms with Crippen molar-refractivity contribution in [3.63, 3.8) is 0 Å². The fraction of sp³-hybridized carbons (Fsp3) is 1.00. The van der Waals surface area contributed by atoms with E-state index >= 15 is 0 Å². The van der Waals surface area contributed by atoms with Crippen LogP contribution in [0.2, 0.25) is 0 Å². The van der Waals surface area contributed by atoms with Gasteiger partial charge in [-0.05, 0) is 18.3 Å². The van der Waals surface area contributed by atoms with Gasteiger partial charge < -0.3 is 15.2 Å². The predicted molar refractivity (Wildman–Crippen MR) is 61.9 cm³/mol. The van der Waals surface area contributed by atoms with Crippen LogP contribution >= 0.6 is 0 Å². The van der Waals surface area contributed by atoms with E-state index in [1.807, 2.05) is 0 Å². The van der Waals surface area contributed by atoms with Gasteiger partial charge in [0.05, 0.1) is 12.7 Å². The molecule has 1 aliphatic rings. The third-order valence-electron chi connectivity index (χ3n) is 3.07. The maximum Gasteiger partial charge on any atom is 0.0897 e. The fourth-order valence-electron chi connectivity index (χ4n) is 1.62. The fourth-order valence-corrected chi connectivity index (χ4v) is 1.62. The van der Waals surface area contributed by atoms with E-state index in [0.29, 0.717) is 24.6 Å². The van der Waals surface area contributed by atoms with Crippen molar-refractivity contribution >= 4 is 0 Å². The van der Waals surface area contributed by atoms with Gasteiger partial charge in [0, 0.05) is 19.2 Å². The largest absolute Gasteiger partial charge is 0.389 e. The number of hydrogen-bond acceptors (Lipinski definition) is 3. The summed E-state index contributed by atoms with van der Waals surface area (Å²) in [6, 6.07) is 0.586. The minimum Gasteiger partial charge on any atom is -0.389 e. The predicted octanol–water partition coefficient (Wildman–Crippen LogP) is 1.55. The van der Waals surface area contributed by atoms with Crippen molar-refractivity contribution in [3.05, 3.63) is 0 Å². The maximum atomic E-state index is 9.61. The Hall–Kier alpha value is -0.120. The lowest BCUT2D eigenvalue weighted by atomic mass is 10.2. The van der Waals surface area contributed by atoms with E-state index in [2.05, 4.69) is 26.1 Å². The van der Waals surface area contributed by atoms with Gasteiger partial charge in [-0.1, -0.05) is 27.2 Å². The Morgan fingerprint density at radius 2 is 2.20 bits per heavy atom. The third-order valence-corrected chi connectivity index (χ3v) is 3.07. The van der Waals surface area contributed by atoms with E-state index in [1.165, 1.54) is 6.42 Å². The van der Waals surface area contributed by atoms with Crippen molar-refractivity contribution in [1.29, 1.82) is 0 Å². The van der Waals surface area contributed by atoms with Gasteiger partial charge in [0.1, 0.15) is 0 Å². The molecule has 0 radical (unpaired) electrons. The Labute approximate surface area is 93.2 Å². The highest BCUT2D eigenvalue weighted by Crippen LogP contribution is 2.44. The number of hydrogen-bond donors (Lipinski definition) is 2. The smallest absolute Gasteiger partial charge is 0.0897 e. The van der Waals surface area contributed by atoms with Gasteiger partial charge in [0.15, 0.2) is 0 Å². The van der Waals surface area contributed by atoms with Crippen molar-refractivity contribution in [2.75, 3.05) is 19.8 Å². The molecule has 0 saturated heterocycles. The molecule has 90 valence electrons. The molecule has 3 nitrogen and oxygen atoms in total. The van der Waals surface area contributed by atoms with Crippen molar-refractivity contribution in [2.45, 2.75) is 52.2 Å². The van der Waals surface area contributed by atoms with Crippen LogP contribution in [-0.2, 0) is 4.74 Å². The number of nitrogens with one attached hydrogen (secondary N) is 1. The van der Waals surface area contributed by atoms with Gasteiger partial charge in [-0.25, -0.2) is 0 Å². The molecule has 2 atom stereocenters. The SMILES string of the molecule is CCCCOCC(O)CNC1CC1(C)C. The monoisotopic (exact) mass is 215 g/mol. The van der Waals surface area contributed by atoms with Crippen molar-refractivity contribution in [3.8, 4) is 0 Å². The minimum atomic E-state index is -0.363. The highest BCUT2D eigenvalue weighted by atomic mass is 16.5. The average molecular weight is 215 g/mol. The molecular formula is C12H25NO2. The quantitative estimate of drug-likeness (QED) is 0.604. The van der Waals surface area contributed by atoms with Crippen LogP contribution in [0.1, 0.15) is 40.0 Å². The summed E-state index contributed by atoms with van der Waals surface area (Å²) in [5.74, 6) is 0. The second-order valence-corrected chi connectivity index (χ2v) is 5.24. The molecule has 0 aromatic carbocycles. The summed E-state index contributed by atoms with van der Waals surface area (Å²) in [6.07, 6.45) is 3.08. The molecule has 1 aliphatic carbocycles.